The number of hydrogen-bond acceptors (Lipinski definition) is 3. The number of likely N-dealkylation sites (tertiary alicyclic amines) is 1. The van der Waals surface area contributed by atoms with Crippen LogP contribution in [-0.4, -0.2) is 41.0 Å². The summed E-state index contributed by atoms with van der Waals surface area (Å²) in [5.41, 5.74) is 1.65. The molecule has 1 aromatic rings. The Balaban J connectivity index is 2.06. The number of carbonyl (C=O) groups excluding carboxylic acids is 2. The molecule has 5 nitrogen and oxygen atoms in total. The van der Waals surface area contributed by atoms with Crippen LogP contribution < -0.4 is 5.32 Å². The van der Waals surface area contributed by atoms with Crippen molar-refractivity contribution in [3.8, 4) is 0 Å². The van der Waals surface area contributed by atoms with Gasteiger partial charge in [-0.3, -0.25) is 9.59 Å². The van der Waals surface area contributed by atoms with E-state index in [9.17, 15) is 9.59 Å². The van der Waals surface area contributed by atoms with Gasteiger partial charge in [-0.2, -0.15) is 0 Å². The summed E-state index contributed by atoms with van der Waals surface area (Å²) in [7, 11) is 0. The normalized spacial score (nSPS) is 18.1. The lowest BCUT2D eigenvalue weighted by atomic mass is 9.99. The highest BCUT2D eigenvalue weighted by atomic mass is 79.9. The van der Waals surface area contributed by atoms with Gasteiger partial charge in [-0.25, -0.2) is 0 Å². The molecule has 1 aliphatic rings. The number of aliphatic hydroxyl groups is 1. The zero-order valence-corrected chi connectivity index (χ0v) is 14.2. The second-order valence-electron chi connectivity index (χ2n) is 5.60. The molecule has 1 atom stereocenters. The van der Waals surface area contributed by atoms with Crippen LogP contribution in [0.1, 0.15) is 31.2 Å². The number of benzene rings is 1. The van der Waals surface area contributed by atoms with Gasteiger partial charge in [-0.15, -0.1) is 0 Å². The molecule has 1 aromatic carbocycles. The molecule has 120 valence electrons. The van der Waals surface area contributed by atoms with Crippen molar-refractivity contribution in [3.05, 3.63) is 28.2 Å². The summed E-state index contributed by atoms with van der Waals surface area (Å²) in [6.45, 7) is 2.56. The SMILES string of the molecule is Cc1ccc(NC(=O)C(=O)N2CCCCC2CCO)c(Br)c1. The maximum Gasteiger partial charge on any atom is 0.313 e. The minimum absolute atomic E-state index is 0.0274. The monoisotopic (exact) mass is 368 g/mol. The maximum absolute atomic E-state index is 12.4. The molecular weight excluding hydrogens is 348 g/mol. The highest BCUT2D eigenvalue weighted by Crippen LogP contribution is 2.24. The summed E-state index contributed by atoms with van der Waals surface area (Å²) in [5, 5.41) is 11.8. The van der Waals surface area contributed by atoms with Crippen LogP contribution in [0.3, 0.4) is 0 Å². The predicted octanol–water partition coefficient (Wildman–Crippen LogP) is 2.46. The number of nitrogens with zero attached hydrogens (tertiary/aromatic N) is 1. The van der Waals surface area contributed by atoms with E-state index >= 15 is 0 Å². The van der Waals surface area contributed by atoms with Gasteiger partial charge in [0, 0.05) is 23.7 Å². The van der Waals surface area contributed by atoms with E-state index in [2.05, 4.69) is 21.2 Å². The molecule has 0 bridgehead atoms. The number of aliphatic hydroxyl groups excluding tert-OH is 1. The first-order valence-corrected chi connectivity index (χ1v) is 8.31. The van der Waals surface area contributed by atoms with Crippen LogP contribution >= 0.6 is 15.9 Å². The van der Waals surface area contributed by atoms with Crippen LogP contribution in [0.5, 0.6) is 0 Å². The van der Waals surface area contributed by atoms with E-state index in [4.69, 9.17) is 5.11 Å². The predicted molar refractivity (Wildman–Crippen MR) is 88.6 cm³/mol. The van der Waals surface area contributed by atoms with Gasteiger partial charge in [0.2, 0.25) is 0 Å². The quantitative estimate of drug-likeness (QED) is 0.805. The van der Waals surface area contributed by atoms with Crippen molar-refractivity contribution in [3.63, 3.8) is 0 Å². The van der Waals surface area contributed by atoms with E-state index in [-0.39, 0.29) is 12.6 Å². The summed E-state index contributed by atoms with van der Waals surface area (Å²) in [5.74, 6) is -1.15. The largest absolute Gasteiger partial charge is 0.396 e. The fourth-order valence-corrected chi connectivity index (χ4v) is 3.34. The summed E-state index contributed by atoms with van der Waals surface area (Å²) < 4.78 is 0.749. The minimum Gasteiger partial charge on any atom is -0.396 e. The first-order chi connectivity index (χ1) is 10.5. The minimum atomic E-state index is -0.630. The average Bonchev–Trinajstić information content (AvgIpc) is 2.50. The molecule has 1 unspecified atom stereocenters. The molecule has 0 spiro atoms. The number of nitrogens with one attached hydrogen (secondary N) is 1. The lowest BCUT2D eigenvalue weighted by molar-refractivity contribution is -0.146. The molecule has 0 radical (unpaired) electrons. The van der Waals surface area contributed by atoms with Gasteiger partial charge in [-0.05, 0) is 66.2 Å². The summed E-state index contributed by atoms with van der Waals surface area (Å²) >= 11 is 3.38. The Bertz CT molecular complexity index is 560. The topological polar surface area (TPSA) is 69.6 Å². The van der Waals surface area contributed by atoms with Crippen molar-refractivity contribution in [2.24, 2.45) is 0 Å². The lowest BCUT2D eigenvalue weighted by Gasteiger charge is -2.35. The third-order valence-electron chi connectivity index (χ3n) is 3.92. The zero-order chi connectivity index (χ0) is 16.1. The molecule has 1 saturated heterocycles. The second kappa shape index (κ2) is 7.74. The van der Waals surface area contributed by atoms with E-state index in [1.54, 1.807) is 11.0 Å². The van der Waals surface area contributed by atoms with Crippen LogP contribution in [0.15, 0.2) is 22.7 Å². The van der Waals surface area contributed by atoms with Crippen LogP contribution in [0.25, 0.3) is 0 Å². The molecule has 0 saturated carbocycles. The van der Waals surface area contributed by atoms with Crippen LogP contribution in [0.4, 0.5) is 5.69 Å². The van der Waals surface area contributed by atoms with Crippen LogP contribution in [-0.2, 0) is 9.59 Å². The van der Waals surface area contributed by atoms with Gasteiger partial charge >= 0.3 is 11.8 Å². The van der Waals surface area contributed by atoms with Crippen LogP contribution in [0.2, 0.25) is 0 Å². The summed E-state index contributed by atoms with van der Waals surface area (Å²) in [6.07, 6.45) is 3.29. The van der Waals surface area contributed by atoms with Crippen molar-refractivity contribution >= 4 is 33.4 Å². The van der Waals surface area contributed by atoms with Crippen molar-refractivity contribution in [1.82, 2.24) is 4.90 Å². The van der Waals surface area contributed by atoms with Crippen molar-refractivity contribution in [1.29, 1.82) is 0 Å². The molecule has 2 amide bonds. The molecule has 2 rings (SSSR count). The van der Waals surface area contributed by atoms with Gasteiger partial charge in [0.1, 0.15) is 0 Å². The number of aryl methyl sites for hydroxylation is 1. The summed E-state index contributed by atoms with van der Waals surface area (Å²) in [4.78, 5) is 26.2. The van der Waals surface area contributed by atoms with Crippen LogP contribution in [0, 0.1) is 6.92 Å². The molecule has 0 aliphatic carbocycles. The number of hydrogen-bond donors (Lipinski definition) is 2. The van der Waals surface area contributed by atoms with Crippen molar-refractivity contribution in [2.45, 2.75) is 38.6 Å². The fraction of sp³-hybridized carbons (Fsp3) is 0.500. The fourth-order valence-electron chi connectivity index (χ4n) is 2.74. The molecule has 1 heterocycles. The molecule has 6 heteroatoms. The Kier molecular flexibility index (Phi) is 5.97. The number of halogens is 1. The van der Waals surface area contributed by atoms with E-state index in [0.29, 0.717) is 18.7 Å². The molecule has 2 N–H and O–H groups in total. The number of amides is 2. The maximum atomic E-state index is 12.4. The Morgan fingerprint density at radius 2 is 2.18 bits per heavy atom. The molecule has 22 heavy (non-hydrogen) atoms. The van der Waals surface area contributed by atoms with E-state index in [0.717, 1.165) is 29.3 Å². The standard InChI is InChI=1S/C16H21BrN2O3/c1-11-5-6-14(13(17)10-11)18-15(21)16(22)19-8-3-2-4-12(19)7-9-20/h5-6,10,12,20H,2-4,7-9H2,1H3,(H,18,21). The number of carbonyl (C=O) groups is 2. The number of rotatable bonds is 3. The number of anilines is 1. The smallest absolute Gasteiger partial charge is 0.313 e. The Hall–Kier alpha value is -1.40. The highest BCUT2D eigenvalue weighted by Gasteiger charge is 2.30. The van der Waals surface area contributed by atoms with Crippen molar-refractivity contribution < 1.29 is 14.7 Å². The van der Waals surface area contributed by atoms with Gasteiger partial charge in [-0.1, -0.05) is 6.07 Å². The van der Waals surface area contributed by atoms with Gasteiger partial charge < -0.3 is 15.3 Å². The van der Waals surface area contributed by atoms with E-state index in [1.807, 2.05) is 19.1 Å². The Morgan fingerprint density at radius 3 is 2.86 bits per heavy atom. The first-order valence-electron chi connectivity index (χ1n) is 7.52. The summed E-state index contributed by atoms with van der Waals surface area (Å²) in [6, 6.07) is 5.49. The number of piperidine rings is 1. The van der Waals surface area contributed by atoms with Gasteiger partial charge in [0.05, 0.1) is 5.69 Å². The zero-order valence-electron chi connectivity index (χ0n) is 12.6. The van der Waals surface area contributed by atoms with Crippen molar-refractivity contribution in [2.75, 3.05) is 18.5 Å². The highest BCUT2D eigenvalue weighted by molar-refractivity contribution is 9.10. The van der Waals surface area contributed by atoms with Gasteiger partial charge in [0.25, 0.3) is 0 Å². The second-order valence-corrected chi connectivity index (χ2v) is 6.45. The molecular formula is C16H21BrN2O3. The molecule has 0 aromatic heterocycles. The third kappa shape index (κ3) is 4.08. The Labute approximate surface area is 138 Å². The lowest BCUT2D eigenvalue weighted by Crippen LogP contribution is -2.48. The average molecular weight is 369 g/mol. The molecule has 1 aliphatic heterocycles. The third-order valence-corrected chi connectivity index (χ3v) is 4.57. The van der Waals surface area contributed by atoms with E-state index < -0.39 is 11.8 Å². The van der Waals surface area contributed by atoms with E-state index in [1.165, 1.54) is 0 Å². The van der Waals surface area contributed by atoms with Gasteiger partial charge in [0.15, 0.2) is 0 Å². The molecule has 1 fully saturated rings. The first kappa shape index (κ1) is 17.0. The Morgan fingerprint density at radius 1 is 1.41 bits per heavy atom.